The highest BCUT2D eigenvalue weighted by Crippen LogP contribution is 2.36. The molecular weight excluding hydrogens is 242 g/mol. The first-order chi connectivity index (χ1) is 9.11. The van der Waals surface area contributed by atoms with Crippen LogP contribution in [0.4, 0.5) is 4.79 Å². The van der Waals surface area contributed by atoms with E-state index in [4.69, 9.17) is 0 Å². The van der Waals surface area contributed by atoms with Crippen LogP contribution in [0.25, 0.3) is 0 Å². The maximum atomic E-state index is 12.6. The highest BCUT2D eigenvalue weighted by Gasteiger charge is 2.52. The molecule has 0 aromatic carbocycles. The van der Waals surface area contributed by atoms with Crippen molar-refractivity contribution in [2.45, 2.75) is 51.0 Å². The summed E-state index contributed by atoms with van der Waals surface area (Å²) < 4.78 is 0. The number of nitrogens with zero attached hydrogens (tertiary/aromatic N) is 2. The number of imide groups is 1. The van der Waals surface area contributed by atoms with Gasteiger partial charge in [0, 0.05) is 0 Å². The highest BCUT2D eigenvalue weighted by molar-refractivity contribution is 6.07. The molecule has 0 atom stereocenters. The van der Waals surface area contributed by atoms with Crippen molar-refractivity contribution in [2.75, 3.05) is 19.8 Å². The van der Waals surface area contributed by atoms with Crippen molar-refractivity contribution in [1.82, 2.24) is 15.1 Å². The summed E-state index contributed by atoms with van der Waals surface area (Å²) in [6.07, 6.45) is 6.01. The van der Waals surface area contributed by atoms with Crippen molar-refractivity contribution in [3.05, 3.63) is 0 Å². The number of nitrogens with one attached hydrogen (secondary N) is 1. The SMILES string of the molecule is CC1CCC2(CC1)NC(=O)N(CN1CCCC1)C2=O. The standard InChI is InChI=1S/C14H23N3O2/c1-11-4-6-14(7-5-11)12(18)17(13(19)15-14)10-16-8-2-3-9-16/h11H,2-10H2,1H3,(H,15,19). The first kappa shape index (κ1) is 12.9. The largest absolute Gasteiger partial charge is 0.326 e. The third-order valence-electron chi connectivity index (χ3n) is 4.91. The number of carbonyl (C=O) groups excluding carboxylic acids is 2. The predicted octanol–water partition coefficient (Wildman–Crippen LogP) is 1.54. The number of hydrogen-bond acceptors (Lipinski definition) is 3. The fraction of sp³-hybridized carbons (Fsp3) is 0.857. The van der Waals surface area contributed by atoms with Gasteiger partial charge in [-0.3, -0.25) is 9.69 Å². The summed E-state index contributed by atoms with van der Waals surface area (Å²) in [5.41, 5.74) is -0.580. The van der Waals surface area contributed by atoms with E-state index in [1.54, 1.807) is 0 Å². The first-order valence-corrected chi connectivity index (χ1v) is 7.47. The van der Waals surface area contributed by atoms with Crippen molar-refractivity contribution >= 4 is 11.9 Å². The van der Waals surface area contributed by atoms with Crippen molar-refractivity contribution in [1.29, 1.82) is 0 Å². The van der Waals surface area contributed by atoms with Crippen LogP contribution in [-0.2, 0) is 4.79 Å². The van der Waals surface area contributed by atoms with Gasteiger partial charge in [0.25, 0.3) is 5.91 Å². The number of amides is 3. The Labute approximate surface area is 114 Å². The van der Waals surface area contributed by atoms with E-state index in [1.807, 2.05) is 0 Å². The topological polar surface area (TPSA) is 52.7 Å². The lowest BCUT2D eigenvalue weighted by atomic mass is 9.77. The van der Waals surface area contributed by atoms with Gasteiger partial charge < -0.3 is 5.32 Å². The fourth-order valence-corrected chi connectivity index (χ4v) is 3.52. The zero-order valence-electron chi connectivity index (χ0n) is 11.7. The minimum Gasteiger partial charge on any atom is -0.323 e. The van der Waals surface area contributed by atoms with Crippen molar-refractivity contribution in [2.24, 2.45) is 5.92 Å². The average molecular weight is 265 g/mol. The van der Waals surface area contributed by atoms with Crippen molar-refractivity contribution < 1.29 is 9.59 Å². The van der Waals surface area contributed by atoms with E-state index in [0.29, 0.717) is 12.6 Å². The van der Waals surface area contributed by atoms with Gasteiger partial charge in [0.1, 0.15) is 5.54 Å². The van der Waals surface area contributed by atoms with Crippen LogP contribution in [0.5, 0.6) is 0 Å². The number of rotatable bonds is 2. The molecule has 0 unspecified atom stereocenters. The predicted molar refractivity (Wildman–Crippen MR) is 71.4 cm³/mol. The Balaban J connectivity index is 1.69. The molecule has 3 amide bonds. The van der Waals surface area contributed by atoms with Crippen LogP contribution in [0.1, 0.15) is 45.4 Å². The molecule has 1 aliphatic carbocycles. The zero-order valence-corrected chi connectivity index (χ0v) is 11.7. The van der Waals surface area contributed by atoms with E-state index in [2.05, 4.69) is 17.1 Å². The summed E-state index contributed by atoms with van der Waals surface area (Å²) in [6, 6.07) is -0.188. The third-order valence-corrected chi connectivity index (χ3v) is 4.91. The molecule has 0 aromatic rings. The highest BCUT2D eigenvalue weighted by atomic mass is 16.2. The van der Waals surface area contributed by atoms with Gasteiger partial charge in [0.05, 0.1) is 6.67 Å². The molecule has 5 nitrogen and oxygen atoms in total. The third kappa shape index (κ3) is 2.24. The summed E-state index contributed by atoms with van der Waals surface area (Å²) in [5.74, 6) is 0.680. The Morgan fingerprint density at radius 2 is 1.84 bits per heavy atom. The maximum Gasteiger partial charge on any atom is 0.326 e. The van der Waals surface area contributed by atoms with Crippen LogP contribution in [-0.4, -0.2) is 47.0 Å². The van der Waals surface area contributed by atoms with Gasteiger partial charge in [0.15, 0.2) is 0 Å². The Morgan fingerprint density at radius 1 is 1.21 bits per heavy atom. The number of carbonyl (C=O) groups is 2. The Hall–Kier alpha value is -1.10. The van der Waals surface area contributed by atoms with Crippen molar-refractivity contribution in [3.63, 3.8) is 0 Å². The molecule has 3 aliphatic rings. The van der Waals surface area contributed by atoms with Gasteiger partial charge in [-0.05, 0) is 57.5 Å². The Bertz CT molecular complexity index is 382. The van der Waals surface area contributed by atoms with E-state index in [0.717, 1.165) is 38.8 Å². The molecule has 3 fully saturated rings. The minimum absolute atomic E-state index is 0.0105. The minimum atomic E-state index is -0.580. The summed E-state index contributed by atoms with van der Waals surface area (Å²) in [7, 11) is 0. The lowest BCUT2D eigenvalue weighted by molar-refractivity contribution is -0.134. The van der Waals surface area contributed by atoms with Crippen LogP contribution in [0.2, 0.25) is 0 Å². The summed E-state index contributed by atoms with van der Waals surface area (Å²) in [6.45, 7) is 4.69. The molecule has 106 valence electrons. The van der Waals surface area contributed by atoms with E-state index >= 15 is 0 Å². The second-order valence-electron chi connectivity index (χ2n) is 6.39. The first-order valence-electron chi connectivity index (χ1n) is 7.47. The number of hydrogen-bond donors (Lipinski definition) is 1. The number of likely N-dealkylation sites (tertiary alicyclic amines) is 1. The van der Waals surface area contributed by atoms with Crippen LogP contribution in [0.15, 0.2) is 0 Å². The number of urea groups is 1. The second-order valence-corrected chi connectivity index (χ2v) is 6.39. The van der Waals surface area contributed by atoms with Crippen LogP contribution in [0, 0.1) is 5.92 Å². The van der Waals surface area contributed by atoms with Crippen molar-refractivity contribution in [3.8, 4) is 0 Å². The van der Waals surface area contributed by atoms with Gasteiger partial charge in [-0.25, -0.2) is 9.69 Å². The molecule has 2 aliphatic heterocycles. The molecule has 1 saturated carbocycles. The lowest BCUT2D eigenvalue weighted by Crippen LogP contribution is -2.50. The maximum absolute atomic E-state index is 12.6. The quantitative estimate of drug-likeness (QED) is 0.771. The van der Waals surface area contributed by atoms with E-state index in [-0.39, 0.29) is 11.9 Å². The average Bonchev–Trinajstić information content (AvgIpc) is 2.97. The lowest BCUT2D eigenvalue weighted by Gasteiger charge is -2.33. The fourth-order valence-electron chi connectivity index (χ4n) is 3.52. The summed E-state index contributed by atoms with van der Waals surface area (Å²) in [4.78, 5) is 28.3. The van der Waals surface area contributed by atoms with E-state index in [1.165, 1.54) is 17.7 Å². The van der Waals surface area contributed by atoms with Crippen LogP contribution < -0.4 is 5.32 Å². The molecule has 0 bridgehead atoms. The Morgan fingerprint density at radius 3 is 2.47 bits per heavy atom. The second kappa shape index (κ2) is 4.78. The molecule has 2 saturated heterocycles. The molecule has 0 aromatic heterocycles. The van der Waals surface area contributed by atoms with Gasteiger partial charge in [-0.1, -0.05) is 6.92 Å². The van der Waals surface area contributed by atoms with E-state index < -0.39 is 5.54 Å². The molecule has 3 rings (SSSR count). The van der Waals surface area contributed by atoms with E-state index in [9.17, 15) is 9.59 Å². The molecule has 1 N–H and O–H groups in total. The Kier molecular flexibility index (Phi) is 3.25. The summed E-state index contributed by atoms with van der Waals surface area (Å²) >= 11 is 0. The molecule has 19 heavy (non-hydrogen) atoms. The normalized spacial score (nSPS) is 36.3. The molecule has 0 radical (unpaired) electrons. The molecule has 1 spiro atoms. The smallest absolute Gasteiger partial charge is 0.323 e. The molecule has 5 heteroatoms. The van der Waals surface area contributed by atoms with Crippen LogP contribution >= 0.6 is 0 Å². The van der Waals surface area contributed by atoms with Gasteiger partial charge in [0.2, 0.25) is 0 Å². The van der Waals surface area contributed by atoms with Gasteiger partial charge >= 0.3 is 6.03 Å². The van der Waals surface area contributed by atoms with Gasteiger partial charge in [-0.15, -0.1) is 0 Å². The molecule has 2 heterocycles. The van der Waals surface area contributed by atoms with Gasteiger partial charge in [-0.2, -0.15) is 0 Å². The molecular formula is C14H23N3O2. The van der Waals surface area contributed by atoms with Crippen LogP contribution in [0.3, 0.4) is 0 Å². The summed E-state index contributed by atoms with van der Waals surface area (Å²) in [5, 5.41) is 2.97. The zero-order chi connectivity index (χ0) is 13.5. The monoisotopic (exact) mass is 265 g/mol.